The zero-order valence-corrected chi connectivity index (χ0v) is 16.1. The minimum absolute atomic E-state index is 0.0557. The zero-order valence-electron chi connectivity index (χ0n) is 16.1. The predicted octanol–water partition coefficient (Wildman–Crippen LogP) is 4.49. The van der Waals surface area contributed by atoms with Gasteiger partial charge in [0.15, 0.2) is 11.6 Å². The number of carbonyl (C=O) groups is 2. The number of halogens is 3. The Morgan fingerprint density at radius 3 is 2.45 bits per heavy atom. The van der Waals surface area contributed by atoms with Crippen molar-refractivity contribution in [3.8, 4) is 0 Å². The molecule has 1 heterocycles. The van der Waals surface area contributed by atoms with Gasteiger partial charge in [0.1, 0.15) is 5.82 Å². The van der Waals surface area contributed by atoms with Crippen LogP contribution in [0, 0.1) is 17.5 Å². The summed E-state index contributed by atoms with van der Waals surface area (Å²) in [4.78, 5) is 27.1. The molecule has 2 aromatic rings. The molecule has 8 heteroatoms. The first kappa shape index (κ1) is 20.4. The fourth-order valence-electron chi connectivity index (χ4n) is 3.38. The summed E-state index contributed by atoms with van der Waals surface area (Å²) in [6.07, 6.45) is 0. The molecule has 0 spiro atoms. The quantitative estimate of drug-likeness (QED) is 0.790. The van der Waals surface area contributed by atoms with Crippen molar-refractivity contribution in [1.29, 1.82) is 0 Å². The van der Waals surface area contributed by atoms with Crippen LogP contribution < -0.4 is 10.6 Å². The summed E-state index contributed by atoms with van der Waals surface area (Å²) >= 11 is 0. The van der Waals surface area contributed by atoms with Crippen molar-refractivity contribution in [2.45, 2.75) is 32.9 Å². The molecule has 29 heavy (non-hydrogen) atoms. The molecule has 3 rings (SSSR count). The zero-order chi connectivity index (χ0) is 21.3. The first-order chi connectivity index (χ1) is 13.7. The molecule has 0 saturated carbocycles. The van der Waals surface area contributed by atoms with Crippen LogP contribution in [0.5, 0.6) is 0 Å². The van der Waals surface area contributed by atoms with E-state index in [9.17, 15) is 22.8 Å². The fourth-order valence-corrected chi connectivity index (χ4v) is 3.38. The lowest BCUT2D eigenvalue weighted by atomic mass is 9.93. The number of anilines is 1. The van der Waals surface area contributed by atoms with Gasteiger partial charge in [0.2, 0.25) is 0 Å². The van der Waals surface area contributed by atoms with Gasteiger partial charge in [0, 0.05) is 23.5 Å². The number of benzene rings is 2. The van der Waals surface area contributed by atoms with Gasteiger partial charge in [-0.3, -0.25) is 9.69 Å². The summed E-state index contributed by atoms with van der Waals surface area (Å²) in [5.74, 6) is -3.27. The molecule has 1 atom stereocenters. The van der Waals surface area contributed by atoms with E-state index in [1.807, 2.05) is 0 Å². The van der Waals surface area contributed by atoms with E-state index < -0.39 is 35.4 Å². The second-order valence-corrected chi connectivity index (χ2v) is 6.98. The minimum atomic E-state index is -1.10. The van der Waals surface area contributed by atoms with E-state index in [4.69, 9.17) is 0 Å². The molecule has 0 aliphatic carbocycles. The third-order valence-corrected chi connectivity index (χ3v) is 4.65. The first-order valence-corrected chi connectivity index (χ1v) is 9.01. The summed E-state index contributed by atoms with van der Waals surface area (Å²) in [7, 11) is 0. The molecule has 2 aromatic carbocycles. The van der Waals surface area contributed by atoms with Gasteiger partial charge in [-0.1, -0.05) is 12.1 Å². The molecule has 2 N–H and O–H groups in total. The Kier molecular flexibility index (Phi) is 5.63. The molecule has 1 aliphatic rings. The number of hydrogen-bond acceptors (Lipinski definition) is 2. The largest absolute Gasteiger partial charge is 0.326 e. The summed E-state index contributed by atoms with van der Waals surface area (Å²) in [5.41, 5.74) is 1.00. The normalized spacial score (nSPS) is 16.9. The van der Waals surface area contributed by atoms with Gasteiger partial charge >= 0.3 is 6.03 Å². The Balaban J connectivity index is 2.05. The molecular weight excluding hydrogens is 383 g/mol. The monoisotopic (exact) mass is 403 g/mol. The standard InChI is InChI=1S/C21H20F3N3O2/c1-11(2)27-12(3)18(20(28)25-15-7-8-16(23)17(24)10-15)19(26-21(27)29)13-5-4-6-14(22)9-13/h4-11,19H,1-3H3,(H,25,28)(H,26,29)/t19-/m1/s1. The van der Waals surface area contributed by atoms with E-state index in [2.05, 4.69) is 10.6 Å². The van der Waals surface area contributed by atoms with Crippen molar-refractivity contribution < 1.29 is 22.8 Å². The van der Waals surface area contributed by atoms with Crippen LogP contribution in [0.3, 0.4) is 0 Å². The summed E-state index contributed by atoms with van der Waals surface area (Å²) < 4.78 is 40.4. The van der Waals surface area contributed by atoms with Gasteiger partial charge in [0.05, 0.1) is 11.6 Å². The van der Waals surface area contributed by atoms with Crippen LogP contribution in [0.25, 0.3) is 0 Å². The summed E-state index contributed by atoms with van der Waals surface area (Å²) in [6, 6.07) is 6.99. The number of allylic oxidation sites excluding steroid dienone is 1. The molecule has 0 saturated heterocycles. The van der Waals surface area contributed by atoms with E-state index in [0.717, 1.165) is 12.1 Å². The maximum atomic E-state index is 13.8. The van der Waals surface area contributed by atoms with Crippen LogP contribution in [0.1, 0.15) is 32.4 Å². The average Bonchev–Trinajstić information content (AvgIpc) is 2.63. The van der Waals surface area contributed by atoms with Gasteiger partial charge in [-0.2, -0.15) is 0 Å². The highest BCUT2D eigenvalue weighted by Gasteiger charge is 2.36. The Bertz CT molecular complexity index is 1000. The third-order valence-electron chi connectivity index (χ3n) is 4.65. The van der Waals surface area contributed by atoms with E-state index >= 15 is 0 Å². The maximum Gasteiger partial charge on any atom is 0.322 e. The number of nitrogens with zero attached hydrogens (tertiary/aromatic N) is 1. The van der Waals surface area contributed by atoms with Gasteiger partial charge < -0.3 is 10.6 Å². The lowest BCUT2D eigenvalue weighted by Crippen LogP contribution is -2.50. The average molecular weight is 403 g/mol. The number of carbonyl (C=O) groups excluding carboxylic acids is 2. The number of rotatable bonds is 4. The molecule has 0 radical (unpaired) electrons. The van der Waals surface area contributed by atoms with E-state index in [0.29, 0.717) is 11.3 Å². The number of amides is 3. The highest BCUT2D eigenvalue weighted by atomic mass is 19.2. The molecule has 0 bridgehead atoms. The SMILES string of the molecule is CC1=C(C(=O)Nc2ccc(F)c(F)c2)[C@@H](c2cccc(F)c2)NC(=O)N1C(C)C. The lowest BCUT2D eigenvalue weighted by Gasteiger charge is -2.38. The lowest BCUT2D eigenvalue weighted by molar-refractivity contribution is -0.113. The Labute approximate surface area is 166 Å². The van der Waals surface area contributed by atoms with Crippen LogP contribution in [-0.4, -0.2) is 22.9 Å². The highest BCUT2D eigenvalue weighted by Crippen LogP contribution is 2.32. The smallest absolute Gasteiger partial charge is 0.322 e. The molecule has 3 amide bonds. The van der Waals surface area contributed by atoms with Gasteiger partial charge in [-0.15, -0.1) is 0 Å². The van der Waals surface area contributed by atoms with E-state index in [1.54, 1.807) is 26.8 Å². The Morgan fingerprint density at radius 1 is 1.10 bits per heavy atom. The number of nitrogens with one attached hydrogen (secondary N) is 2. The fraction of sp³-hybridized carbons (Fsp3) is 0.238. The number of hydrogen-bond donors (Lipinski definition) is 2. The van der Waals surface area contributed by atoms with Crippen LogP contribution in [-0.2, 0) is 4.79 Å². The van der Waals surface area contributed by atoms with Crippen LogP contribution in [0.4, 0.5) is 23.7 Å². The first-order valence-electron chi connectivity index (χ1n) is 9.01. The molecule has 5 nitrogen and oxygen atoms in total. The van der Waals surface area contributed by atoms with Crippen molar-refractivity contribution in [3.63, 3.8) is 0 Å². The van der Waals surface area contributed by atoms with Gasteiger partial charge in [-0.05, 0) is 50.6 Å². The van der Waals surface area contributed by atoms with Crippen molar-refractivity contribution in [3.05, 3.63) is 76.7 Å². The van der Waals surface area contributed by atoms with Crippen molar-refractivity contribution >= 4 is 17.6 Å². The predicted molar refractivity (Wildman–Crippen MR) is 102 cm³/mol. The molecule has 152 valence electrons. The van der Waals surface area contributed by atoms with E-state index in [1.165, 1.54) is 29.2 Å². The maximum absolute atomic E-state index is 13.8. The van der Waals surface area contributed by atoms with Crippen molar-refractivity contribution in [2.24, 2.45) is 0 Å². The minimum Gasteiger partial charge on any atom is -0.326 e. The molecule has 1 aliphatic heterocycles. The van der Waals surface area contributed by atoms with E-state index in [-0.39, 0.29) is 17.3 Å². The second-order valence-electron chi connectivity index (χ2n) is 6.98. The molecule has 0 fully saturated rings. The topological polar surface area (TPSA) is 61.4 Å². The molecular formula is C21H20F3N3O2. The summed E-state index contributed by atoms with van der Waals surface area (Å²) in [5, 5.41) is 5.25. The third kappa shape index (κ3) is 4.11. The Morgan fingerprint density at radius 2 is 1.83 bits per heavy atom. The summed E-state index contributed by atoms with van der Waals surface area (Å²) in [6.45, 7) is 5.19. The molecule has 0 aromatic heterocycles. The van der Waals surface area contributed by atoms with Crippen LogP contribution >= 0.6 is 0 Å². The van der Waals surface area contributed by atoms with Crippen LogP contribution in [0.15, 0.2) is 53.7 Å². The van der Waals surface area contributed by atoms with Crippen molar-refractivity contribution in [1.82, 2.24) is 10.2 Å². The van der Waals surface area contributed by atoms with Crippen molar-refractivity contribution in [2.75, 3.05) is 5.32 Å². The molecule has 0 unspecified atom stereocenters. The Hall–Kier alpha value is -3.29. The second kappa shape index (κ2) is 7.98. The number of urea groups is 1. The van der Waals surface area contributed by atoms with Crippen LogP contribution in [0.2, 0.25) is 0 Å². The van der Waals surface area contributed by atoms with Gasteiger partial charge in [-0.25, -0.2) is 18.0 Å². The highest BCUT2D eigenvalue weighted by molar-refractivity contribution is 6.06. The van der Waals surface area contributed by atoms with Gasteiger partial charge in [0.25, 0.3) is 5.91 Å².